The molecule has 4 aliphatic rings. The molecule has 1 aromatic rings. The number of ether oxygens (including phenoxy) is 1. The molecule has 4 fully saturated rings. The van der Waals surface area contributed by atoms with E-state index in [1.807, 2.05) is 19.9 Å². The van der Waals surface area contributed by atoms with E-state index in [9.17, 15) is 9.59 Å². The third-order valence-corrected chi connectivity index (χ3v) is 7.54. The van der Waals surface area contributed by atoms with Crippen LogP contribution in [-0.4, -0.2) is 58.9 Å². The number of urea groups is 1. The molecule has 8 heteroatoms. The summed E-state index contributed by atoms with van der Waals surface area (Å²) in [4.78, 5) is 27.0. The predicted molar refractivity (Wildman–Crippen MR) is 132 cm³/mol. The first-order chi connectivity index (χ1) is 16.0. The van der Waals surface area contributed by atoms with E-state index in [1.165, 1.54) is 37.0 Å². The maximum Gasteiger partial charge on any atom is 0.317 e. The Bertz CT molecular complexity index is 905. The van der Waals surface area contributed by atoms with Gasteiger partial charge in [0.05, 0.1) is 18.3 Å². The largest absolute Gasteiger partial charge is 0.477 e. The number of amides is 3. The van der Waals surface area contributed by atoms with Gasteiger partial charge >= 0.3 is 6.03 Å². The second kappa shape index (κ2) is 9.62. The molecule has 0 saturated heterocycles. The summed E-state index contributed by atoms with van der Waals surface area (Å²) in [6.07, 6.45) is 11.6. The van der Waals surface area contributed by atoms with Crippen LogP contribution in [0, 0.1) is 29.6 Å². The summed E-state index contributed by atoms with van der Waals surface area (Å²) in [5.74, 6) is 3.60. The third-order valence-electron chi connectivity index (χ3n) is 7.54. The lowest BCUT2D eigenvalue weighted by molar-refractivity contribution is -0.0120. The summed E-state index contributed by atoms with van der Waals surface area (Å²) in [7, 11) is 3.41. The van der Waals surface area contributed by atoms with Crippen LogP contribution in [0.25, 0.3) is 6.20 Å². The molecule has 0 radical (unpaired) electrons. The fourth-order valence-electron chi connectivity index (χ4n) is 6.08. The van der Waals surface area contributed by atoms with Gasteiger partial charge in [-0.2, -0.15) is 5.10 Å². The van der Waals surface area contributed by atoms with Crippen molar-refractivity contribution in [1.82, 2.24) is 25.3 Å². The molecule has 1 aromatic heterocycles. The van der Waals surface area contributed by atoms with Crippen LogP contribution in [0.3, 0.4) is 0 Å². The summed E-state index contributed by atoms with van der Waals surface area (Å²) in [6, 6.07) is 0.0828. The predicted octanol–water partition coefficient (Wildman–Crippen LogP) is 3.99. The van der Waals surface area contributed by atoms with Gasteiger partial charge in [0.15, 0.2) is 0 Å². The van der Waals surface area contributed by atoms with E-state index in [4.69, 9.17) is 4.74 Å². The molecule has 8 nitrogen and oxygen atoms in total. The highest BCUT2D eigenvalue weighted by molar-refractivity contribution is 5.96. The van der Waals surface area contributed by atoms with E-state index in [0.29, 0.717) is 35.8 Å². The Hall–Kier alpha value is -2.51. The zero-order chi connectivity index (χ0) is 24.6. The Morgan fingerprint density at radius 1 is 1.18 bits per heavy atom. The summed E-state index contributed by atoms with van der Waals surface area (Å²) < 4.78 is 7.67. The van der Waals surface area contributed by atoms with Gasteiger partial charge < -0.3 is 20.3 Å². The Morgan fingerprint density at radius 2 is 1.79 bits per heavy atom. The van der Waals surface area contributed by atoms with Crippen molar-refractivity contribution >= 4 is 18.1 Å². The number of carbonyl (C=O) groups is 2. The van der Waals surface area contributed by atoms with Gasteiger partial charge in [0.25, 0.3) is 5.91 Å². The molecule has 188 valence electrons. The van der Waals surface area contributed by atoms with Crippen LogP contribution in [-0.2, 0) is 0 Å². The van der Waals surface area contributed by atoms with Crippen LogP contribution in [0.5, 0.6) is 5.88 Å². The molecule has 1 heterocycles. The Labute approximate surface area is 203 Å². The summed E-state index contributed by atoms with van der Waals surface area (Å²) in [5, 5.41) is 10.8. The number of nitrogens with zero attached hydrogens (tertiary/aromatic N) is 3. The highest BCUT2D eigenvalue weighted by atomic mass is 16.5. The molecule has 0 spiro atoms. The van der Waals surface area contributed by atoms with Gasteiger partial charge in [-0.05, 0) is 81.6 Å². The zero-order valence-electron chi connectivity index (χ0n) is 21.5. The van der Waals surface area contributed by atoms with Gasteiger partial charge in [-0.1, -0.05) is 13.8 Å². The Kier molecular flexibility index (Phi) is 6.97. The first-order valence-corrected chi connectivity index (χ1v) is 12.7. The van der Waals surface area contributed by atoms with Crippen molar-refractivity contribution < 1.29 is 14.3 Å². The minimum Gasteiger partial charge on any atom is -0.477 e. The van der Waals surface area contributed by atoms with Crippen molar-refractivity contribution in [3.63, 3.8) is 0 Å². The molecule has 4 bridgehead atoms. The lowest BCUT2D eigenvalue weighted by atomic mass is 9.54. The normalized spacial score (nSPS) is 27.9. The SMILES string of the molecule is CC(C)COc1c(C(=O)NC2C3CC4CC(C3)CC2C4)cnn1C=CC(C)(C)NC(=O)N(C)C. The second-order valence-electron chi connectivity index (χ2n) is 11.8. The highest BCUT2D eigenvalue weighted by Gasteiger charge is 2.48. The maximum absolute atomic E-state index is 13.4. The molecule has 3 amide bonds. The fourth-order valence-corrected chi connectivity index (χ4v) is 6.08. The first kappa shape index (κ1) is 24.6. The number of nitrogens with one attached hydrogen (secondary N) is 2. The lowest BCUT2D eigenvalue weighted by Gasteiger charge is -2.54. The molecule has 0 aromatic carbocycles. The van der Waals surface area contributed by atoms with E-state index in [1.54, 1.807) is 31.2 Å². The van der Waals surface area contributed by atoms with E-state index in [2.05, 4.69) is 29.6 Å². The Morgan fingerprint density at radius 3 is 2.35 bits per heavy atom. The molecule has 4 saturated carbocycles. The summed E-state index contributed by atoms with van der Waals surface area (Å²) in [6.45, 7) is 8.44. The lowest BCUT2D eigenvalue weighted by Crippen LogP contribution is -2.55. The minimum absolute atomic E-state index is 0.101. The van der Waals surface area contributed by atoms with Crippen LogP contribution in [0.1, 0.15) is 70.2 Å². The third kappa shape index (κ3) is 5.41. The van der Waals surface area contributed by atoms with Crippen LogP contribution in [0.2, 0.25) is 0 Å². The molecule has 0 unspecified atom stereocenters. The smallest absolute Gasteiger partial charge is 0.317 e. The van der Waals surface area contributed by atoms with Crippen LogP contribution < -0.4 is 15.4 Å². The van der Waals surface area contributed by atoms with Gasteiger partial charge in [-0.25, -0.2) is 9.48 Å². The first-order valence-electron chi connectivity index (χ1n) is 12.7. The summed E-state index contributed by atoms with van der Waals surface area (Å²) >= 11 is 0. The molecular formula is C26H41N5O3. The Balaban J connectivity index is 1.51. The van der Waals surface area contributed by atoms with E-state index in [-0.39, 0.29) is 18.0 Å². The van der Waals surface area contributed by atoms with Crippen molar-refractivity contribution in [3.05, 3.63) is 17.8 Å². The van der Waals surface area contributed by atoms with E-state index < -0.39 is 5.54 Å². The van der Waals surface area contributed by atoms with Gasteiger partial charge in [0.1, 0.15) is 5.56 Å². The van der Waals surface area contributed by atoms with E-state index in [0.717, 1.165) is 11.8 Å². The molecule has 34 heavy (non-hydrogen) atoms. The van der Waals surface area contributed by atoms with Crippen LogP contribution >= 0.6 is 0 Å². The molecule has 0 atom stereocenters. The van der Waals surface area contributed by atoms with Crippen molar-refractivity contribution in [1.29, 1.82) is 0 Å². The average molecular weight is 472 g/mol. The van der Waals surface area contributed by atoms with Gasteiger partial charge in [0.2, 0.25) is 5.88 Å². The number of rotatable bonds is 8. The quantitative estimate of drug-likeness (QED) is 0.600. The number of carbonyl (C=O) groups excluding carboxylic acids is 2. The minimum atomic E-state index is -0.606. The average Bonchev–Trinajstić information content (AvgIpc) is 3.15. The van der Waals surface area contributed by atoms with Crippen molar-refractivity contribution in [3.8, 4) is 5.88 Å². The standard InChI is InChI=1S/C26H41N5O3/c1-16(2)15-34-24-21(14-27-31(24)8-7-26(3,4)29-25(33)30(5)6)23(32)28-22-19-10-17-9-18(12-19)13-20(22)11-17/h7-8,14,16-20,22H,9-13,15H2,1-6H3,(H,28,32)(H,29,33). The van der Waals surface area contributed by atoms with Gasteiger partial charge in [-0.15, -0.1) is 0 Å². The zero-order valence-corrected chi connectivity index (χ0v) is 21.5. The topological polar surface area (TPSA) is 88.5 Å². The van der Waals surface area contributed by atoms with Crippen molar-refractivity contribution in [2.75, 3.05) is 20.7 Å². The monoisotopic (exact) mass is 471 g/mol. The van der Waals surface area contributed by atoms with Gasteiger partial charge in [0, 0.05) is 26.3 Å². The highest BCUT2D eigenvalue weighted by Crippen LogP contribution is 2.53. The maximum atomic E-state index is 13.4. The van der Waals surface area contributed by atoms with E-state index >= 15 is 0 Å². The summed E-state index contributed by atoms with van der Waals surface area (Å²) in [5.41, 5.74) is -0.139. The van der Waals surface area contributed by atoms with Gasteiger partial charge in [-0.3, -0.25) is 4.79 Å². The molecule has 2 N–H and O–H groups in total. The molecule has 4 aliphatic carbocycles. The molecule has 5 rings (SSSR count). The molecule has 0 aliphatic heterocycles. The fraction of sp³-hybridized carbons (Fsp3) is 0.731. The number of hydrogen-bond acceptors (Lipinski definition) is 4. The van der Waals surface area contributed by atoms with Crippen molar-refractivity contribution in [2.45, 2.75) is 71.4 Å². The second-order valence-corrected chi connectivity index (χ2v) is 11.8. The molecular weight excluding hydrogens is 430 g/mol. The van der Waals surface area contributed by atoms with Crippen LogP contribution in [0.4, 0.5) is 4.79 Å². The number of hydrogen-bond donors (Lipinski definition) is 2. The number of aromatic nitrogens is 2. The van der Waals surface area contributed by atoms with Crippen molar-refractivity contribution in [2.24, 2.45) is 29.6 Å². The van der Waals surface area contributed by atoms with Crippen LogP contribution in [0.15, 0.2) is 12.3 Å².